The summed E-state index contributed by atoms with van der Waals surface area (Å²) in [7, 11) is 0. The molecule has 0 spiro atoms. The van der Waals surface area contributed by atoms with Crippen molar-refractivity contribution in [1.82, 2.24) is 5.32 Å². The molecule has 0 heterocycles. The SMILES string of the molecule is N#Cc1ccc(Nc2cccc(C(=O)NCCO)c2)cc1. The topological polar surface area (TPSA) is 85.2 Å². The highest BCUT2D eigenvalue weighted by Crippen LogP contribution is 2.18. The predicted octanol–water partition coefficient (Wildman–Crippen LogP) is 2.02. The first-order valence-electron chi connectivity index (χ1n) is 6.49. The summed E-state index contributed by atoms with van der Waals surface area (Å²) in [4.78, 5) is 11.8. The molecule has 0 saturated heterocycles. The Kier molecular flexibility index (Phi) is 4.91. The minimum absolute atomic E-state index is 0.0884. The molecule has 0 fully saturated rings. The van der Waals surface area contributed by atoms with Gasteiger partial charge in [0.15, 0.2) is 0 Å². The molecule has 21 heavy (non-hydrogen) atoms. The Balaban J connectivity index is 2.10. The summed E-state index contributed by atoms with van der Waals surface area (Å²) in [6, 6.07) is 16.2. The number of nitriles is 1. The van der Waals surface area contributed by atoms with E-state index in [1.54, 1.807) is 42.5 Å². The highest BCUT2D eigenvalue weighted by molar-refractivity contribution is 5.95. The van der Waals surface area contributed by atoms with E-state index in [-0.39, 0.29) is 19.1 Å². The van der Waals surface area contributed by atoms with Gasteiger partial charge >= 0.3 is 0 Å². The molecule has 1 amide bonds. The van der Waals surface area contributed by atoms with Gasteiger partial charge in [-0.3, -0.25) is 4.79 Å². The molecule has 0 aliphatic heterocycles. The van der Waals surface area contributed by atoms with Gasteiger partial charge in [-0.15, -0.1) is 0 Å². The zero-order valence-corrected chi connectivity index (χ0v) is 11.3. The molecule has 0 bridgehead atoms. The fourth-order valence-electron chi connectivity index (χ4n) is 1.80. The first kappa shape index (κ1) is 14.6. The number of anilines is 2. The molecule has 2 aromatic carbocycles. The lowest BCUT2D eigenvalue weighted by Crippen LogP contribution is -2.26. The number of nitrogens with zero attached hydrogens (tertiary/aromatic N) is 1. The average molecular weight is 281 g/mol. The third-order valence-corrected chi connectivity index (χ3v) is 2.82. The van der Waals surface area contributed by atoms with Gasteiger partial charge < -0.3 is 15.7 Å². The van der Waals surface area contributed by atoms with Crippen LogP contribution in [0.3, 0.4) is 0 Å². The molecule has 5 nitrogen and oxygen atoms in total. The van der Waals surface area contributed by atoms with Crippen molar-refractivity contribution < 1.29 is 9.90 Å². The lowest BCUT2D eigenvalue weighted by Gasteiger charge is -2.08. The number of benzene rings is 2. The van der Waals surface area contributed by atoms with Gasteiger partial charge in [-0.1, -0.05) is 6.07 Å². The van der Waals surface area contributed by atoms with Gasteiger partial charge in [0.2, 0.25) is 0 Å². The third-order valence-electron chi connectivity index (χ3n) is 2.82. The molecule has 0 aliphatic carbocycles. The van der Waals surface area contributed by atoms with E-state index >= 15 is 0 Å². The largest absolute Gasteiger partial charge is 0.395 e. The number of hydrogen-bond donors (Lipinski definition) is 3. The second-order valence-corrected chi connectivity index (χ2v) is 4.37. The van der Waals surface area contributed by atoms with Gasteiger partial charge in [0.1, 0.15) is 0 Å². The number of carbonyl (C=O) groups excluding carboxylic acids is 1. The predicted molar refractivity (Wildman–Crippen MR) is 80.3 cm³/mol. The average Bonchev–Trinajstić information content (AvgIpc) is 2.53. The van der Waals surface area contributed by atoms with Crippen LogP contribution < -0.4 is 10.6 Å². The van der Waals surface area contributed by atoms with Crippen molar-refractivity contribution in [2.75, 3.05) is 18.5 Å². The second-order valence-electron chi connectivity index (χ2n) is 4.37. The minimum atomic E-state index is -0.229. The summed E-state index contributed by atoms with van der Waals surface area (Å²) < 4.78 is 0. The van der Waals surface area contributed by atoms with Crippen molar-refractivity contribution in [1.29, 1.82) is 5.26 Å². The van der Waals surface area contributed by atoms with Crippen LogP contribution in [-0.2, 0) is 0 Å². The Morgan fingerprint density at radius 1 is 1.14 bits per heavy atom. The number of aliphatic hydroxyl groups is 1. The van der Waals surface area contributed by atoms with E-state index < -0.39 is 0 Å². The van der Waals surface area contributed by atoms with Crippen LogP contribution in [0.25, 0.3) is 0 Å². The summed E-state index contributed by atoms with van der Waals surface area (Å²) in [5.41, 5.74) is 2.72. The van der Waals surface area contributed by atoms with E-state index in [2.05, 4.69) is 16.7 Å². The van der Waals surface area contributed by atoms with Gasteiger partial charge in [-0.25, -0.2) is 0 Å². The summed E-state index contributed by atoms with van der Waals surface area (Å²) in [5.74, 6) is -0.229. The summed E-state index contributed by atoms with van der Waals surface area (Å²) in [5, 5.41) is 23.2. The van der Waals surface area contributed by atoms with Crippen molar-refractivity contribution in [2.24, 2.45) is 0 Å². The number of carbonyl (C=O) groups is 1. The fraction of sp³-hybridized carbons (Fsp3) is 0.125. The Hall–Kier alpha value is -2.84. The highest BCUT2D eigenvalue weighted by Gasteiger charge is 2.05. The Bertz CT molecular complexity index is 660. The van der Waals surface area contributed by atoms with E-state index in [4.69, 9.17) is 10.4 Å². The molecule has 5 heteroatoms. The monoisotopic (exact) mass is 281 g/mol. The summed E-state index contributed by atoms with van der Waals surface area (Å²) >= 11 is 0. The van der Waals surface area contributed by atoms with Gasteiger partial charge in [-0.05, 0) is 42.5 Å². The minimum Gasteiger partial charge on any atom is -0.395 e. The fourth-order valence-corrected chi connectivity index (χ4v) is 1.80. The maximum Gasteiger partial charge on any atom is 0.251 e. The molecule has 0 aliphatic rings. The molecular weight excluding hydrogens is 266 g/mol. The maximum absolute atomic E-state index is 11.8. The van der Waals surface area contributed by atoms with Crippen molar-refractivity contribution >= 4 is 17.3 Å². The lowest BCUT2D eigenvalue weighted by molar-refractivity contribution is 0.0945. The van der Waals surface area contributed by atoms with Gasteiger partial charge in [0, 0.05) is 23.5 Å². The van der Waals surface area contributed by atoms with Gasteiger partial charge in [-0.2, -0.15) is 5.26 Å². The third kappa shape index (κ3) is 4.06. The van der Waals surface area contributed by atoms with E-state index in [0.29, 0.717) is 11.1 Å². The number of hydrogen-bond acceptors (Lipinski definition) is 4. The van der Waals surface area contributed by atoms with Crippen molar-refractivity contribution in [3.8, 4) is 6.07 Å². The van der Waals surface area contributed by atoms with Crippen molar-refractivity contribution in [3.63, 3.8) is 0 Å². The zero-order valence-electron chi connectivity index (χ0n) is 11.3. The van der Waals surface area contributed by atoms with E-state index in [0.717, 1.165) is 11.4 Å². The van der Waals surface area contributed by atoms with E-state index in [9.17, 15) is 4.79 Å². The van der Waals surface area contributed by atoms with Crippen LogP contribution in [-0.4, -0.2) is 24.2 Å². The Morgan fingerprint density at radius 3 is 2.57 bits per heavy atom. The molecule has 0 aromatic heterocycles. The van der Waals surface area contributed by atoms with Gasteiger partial charge in [0.25, 0.3) is 5.91 Å². The van der Waals surface area contributed by atoms with Crippen molar-refractivity contribution in [2.45, 2.75) is 0 Å². The molecule has 3 N–H and O–H groups in total. The summed E-state index contributed by atoms with van der Waals surface area (Å²) in [6.07, 6.45) is 0. The molecule has 0 atom stereocenters. The maximum atomic E-state index is 11.8. The molecular formula is C16H15N3O2. The number of rotatable bonds is 5. The van der Waals surface area contributed by atoms with Crippen LogP contribution in [0.1, 0.15) is 15.9 Å². The number of nitrogens with one attached hydrogen (secondary N) is 2. The van der Waals surface area contributed by atoms with Crippen LogP contribution in [0, 0.1) is 11.3 Å². The Labute approximate surface area is 122 Å². The van der Waals surface area contributed by atoms with E-state index in [1.807, 2.05) is 6.07 Å². The lowest BCUT2D eigenvalue weighted by atomic mass is 10.1. The highest BCUT2D eigenvalue weighted by atomic mass is 16.3. The zero-order chi connectivity index (χ0) is 15.1. The van der Waals surface area contributed by atoms with Crippen LogP contribution in [0.5, 0.6) is 0 Å². The number of amides is 1. The van der Waals surface area contributed by atoms with Crippen LogP contribution >= 0.6 is 0 Å². The normalized spacial score (nSPS) is 9.71. The second kappa shape index (κ2) is 7.08. The molecule has 106 valence electrons. The van der Waals surface area contributed by atoms with Crippen LogP contribution in [0.4, 0.5) is 11.4 Å². The van der Waals surface area contributed by atoms with E-state index in [1.165, 1.54) is 0 Å². The Morgan fingerprint density at radius 2 is 1.90 bits per heavy atom. The first-order valence-corrected chi connectivity index (χ1v) is 6.49. The number of aliphatic hydroxyl groups excluding tert-OH is 1. The van der Waals surface area contributed by atoms with Crippen molar-refractivity contribution in [3.05, 3.63) is 59.7 Å². The van der Waals surface area contributed by atoms with Crippen LogP contribution in [0.15, 0.2) is 48.5 Å². The molecule has 0 saturated carbocycles. The van der Waals surface area contributed by atoms with Gasteiger partial charge in [0.05, 0.1) is 18.2 Å². The molecule has 0 unspecified atom stereocenters. The summed E-state index contributed by atoms with van der Waals surface area (Å²) in [6.45, 7) is 0.140. The quantitative estimate of drug-likeness (QED) is 0.782. The molecule has 2 aromatic rings. The first-order chi connectivity index (χ1) is 10.2. The van der Waals surface area contributed by atoms with Crippen LogP contribution in [0.2, 0.25) is 0 Å². The standard InChI is InChI=1S/C16H15N3O2/c17-11-12-4-6-14(7-5-12)19-15-3-1-2-13(10-15)16(21)18-8-9-20/h1-7,10,19-20H,8-9H2,(H,18,21). The molecule has 2 rings (SSSR count). The molecule has 0 radical (unpaired) electrons. The smallest absolute Gasteiger partial charge is 0.251 e.